The van der Waals surface area contributed by atoms with E-state index in [-0.39, 0.29) is 18.2 Å². The molecule has 178 valence electrons. The van der Waals surface area contributed by atoms with Crippen molar-refractivity contribution in [1.82, 2.24) is 19.6 Å². The molecule has 5 aliphatic rings. The van der Waals surface area contributed by atoms with Crippen molar-refractivity contribution >= 4 is 12.1 Å². The maximum atomic E-state index is 13.1. The minimum Gasteiger partial charge on any atom is -0.450 e. The fraction of sp³-hybridized carbons (Fsp3) is 0.833. The average molecular weight is 447 g/mol. The van der Waals surface area contributed by atoms with E-state index in [2.05, 4.69) is 15.9 Å². The summed E-state index contributed by atoms with van der Waals surface area (Å²) in [6.07, 6.45) is 9.01. The Morgan fingerprint density at radius 2 is 1.94 bits per heavy atom. The van der Waals surface area contributed by atoms with Crippen molar-refractivity contribution in [2.45, 2.75) is 57.5 Å². The number of hydrogen-bond acceptors (Lipinski definition) is 5. The summed E-state index contributed by atoms with van der Waals surface area (Å²) in [5, 5.41) is 0. The predicted molar refractivity (Wildman–Crippen MR) is 120 cm³/mol. The molecule has 4 aliphatic heterocycles. The Hall–Kier alpha value is -1.80. The Bertz CT molecular complexity index is 744. The number of ether oxygens (including phenoxy) is 2. The topological polar surface area (TPSA) is 65.6 Å². The van der Waals surface area contributed by atoms with Crippen molar-refractivity contribution in [3.8, 4) is 0 Å². The Morgan fingerprint density at radius 3 is 2.66 bits per heavy atom. The summed E-state index contributed by atoms with van der Waals surface area (Å²) in [5.41, 5.74) is 1.78. The number of urea groups is 1. The normalized spacial score (nSPS) is 33.4. The second kappa shape index (κ2) is 9.21. The van der Waals surface area contributed by atoms with E-state index in [1.54, 1.807) is 0 Å². The zero-order valence-corrected chi connectivity index (χ0v) is 19.5. The highest BCUT2D eigenvalue weighted by Gasteiger charge is 2.51. The maximum absolute atomic E-state index is 13.1. The summed E-state index contributed by atoms with van der Waals surface area (Å²) in [6.45, 7) is 9.71. The highest BCUT2D eigenvalue weighted by atomic mass is 16.6. The fourth-order valence-corrected chi connectivity index (χ4v) is 6.49. The largest absolute Gasteiger partial charge is 0.450 e. The third-order valence-corrected chi connectivity index (χ3v) is 8.30. The lowest BCUT2D eigenvalue weighted by Crippen LogP contribution is -2.54. The van der Waals surface area contributed by atoms with E-state index < -0.39 is 0 Å². The first-order valence-corrected chi connectivity index (χ1v) is 12.6. The Kier molecular flexibility index (Phi) is 6.34. The minimum atomic E-state index is -0.147. The van der Waals surface area contributed by atoms with Gasteiger partial charge in [-0.05, 0) is 56.4 Å². The molecule has 32 heavy (non-hydrogen) atoms. The van der Waals surface area contributed by atoms with Gasteiger partial charge in [0.25, 0.3) is 0 Å². The molecule has 0 aromatic carbocycles. The molecule has 1 aliphatic carbocycles. The number of morpholine rings is 1. The van der Waals surface area contributed by atoms with E-state index in [4.69, 9.17) is 9.47 Å². The maximum Gasteiger partial charge on any atom is 0.409 e. The van der Waals surface area contributed by atoms with Crippen molar-refractivity contribution in [3.63, 3.8) is 0 Å². The molecule has 3 saturated heterocycles. The molecule has 0 bridgehead atoms. The first-order chi connectivity index (χ1) is 15.6. The van der Waals surface area contributed by atoms with Gasteiger partial charge in [0.2, 0.25) is 0 Å². The van der Waals surface area contributed by atoms with E-state index in [1.165, 1.54) is 18.4 Å². The van der Waals surface area contributed by atoms with E-state index in [0.717, 1.165) is 58.4 Å². The molecular formula is C24H38N4O4. The van der Waals surface area contributed by atoms with Crippen LogP contribution in [0, 0.1) is 5.41 Å². The van der Waals surface area contributed by atoms with Crippen molar-refractivity contribution in [2.75, 3.05) is 65.6 Å². The summed E-state index contributed by atoms with van der Waals surface area (Å²) in [5.74, 6) is 0. The Labute approximate surface area is 191 Å². The molecule has 5 rings (SSSR count). The summed E-state index contributed by atoms with van der Waals surface area (Å²) in [7, 11) is 0. The summed E-state index contributed by atoms with van der Waals surface area (Å²) >= 11 is 0. The van der Waals surface area contributed by atoms with Gasteiger partial charge in [0.05, 0.1) is 25.9 Å². The molecule has 1 saturated carbocycles. The third kappa shape index (κ3) is 4.23. The zero-order valence-electron chi connectivity index (χ0n) is 19.5. The lowest BCUT2D eigenvalue weighted by Gasteiger charge is -2.51. The van der Waals surface area contributed by atoms with Crippen LogP contribution in [-0.4, -0.2) is 109 Å². The molecule has 0 unspecified atom stereocenters. The summed E-state index contributed by atoms with van der Waals surface area (Å²) in [4.78, 5) is 33.7. The van der Waals surface area contributed by atoms with Crippen LogP contribution in [0.4, 0.5) is 9.59 Å². The first-order valence-electron chi connectivity index (χ1n) is 12.6. The molecule has 4 fully saturated rings. The number of hydrogen-bond donors (Lipinski definition) is 0. The predicted octanol–water partition coefficient (Wildman–Crippen LogP) is 2.55. The van der Waals surface area contributed by atoms with Crippen molar-refractivity contribution in [2.24, 2.45) is 5.41 Å². The highest BCUT2D eigenvalue weighted by Crippen LogP contribution is 2.50. The van der Waals surface area contributed by atoms with E-state index in [1.807, 2.05) is 16.7 Å². The van der Waals surface area contributed by atoms with Crippen molar-refractivity contribution < 1.29 is 19.1 Å². The van der Waals surface area contributed by atoms with Gasteiger partial charge in [0.1, 0.15) is 0 Å². The van der Waals surface area contributed by atoms with E-state index in [0.29, 0.717) is 44.4 Å². The van der Waals surface area contributed by atoms with Crippen LogP contribution in [0.3, 0.4) is 0 Å². The number of likely N-dealkylation sites (tertiary alicyclic amines) is 2. The number of nitrogens with zero attached hydrogens (tertiary/aromatic N) is 4. The summed E-state index contributed by atoms with van der Waals surface area (Å²) in [6, 6.07) is 1.12. The average Bonchev–Trinajstić information content (AvgIpc) is 3.47. The van der Waals surface area contributed by atoms with Gasteiger partial charge in [-0.1, -0.05) is 6.08 Å². The van der Waals surface area contributed by atoms with Gasteiger partial charge >= 0.3 is 12.1 Å². The standard InChI is InChI=1S/C24H38N4O4/c1-2-32-23(30)27-11-7-24(18-27)16-20(17-24)25-9-5-19(6-10-25)21-4-3-8-28(21)22(29)26-12-14-31-15-13-26/h5,20-21H,2-4,6-18H2,1H3/t20?,21-,24?/m0/s1. The van der Waals surface area contributed by atoms with Crippen LogP contribution in [-0.2, 0) is 9.47 Å². The SMILES string of the molecule is CCOC(=O)N1CCC2(CC(N3CC=C([C@@H]4CCCN4C(=O)N4CCOCC4)CC3)C2)C1. The molecule has 0 aromatic heterocycles. The molecule has 0 aromatic rings. The smallest absolute Gasteiger partial charge is 0.409 e. The van der Waals surface area contributed by atoms with Gasteiger partial charge in [-0.2, -0.15) is 0 Å². The molecule has 1 atom stereocenters. The first kappa shape index (κ1) is 22.0. The van der Waals surface area contributed by atoms with Crippen LogP contribution in [0.15, 0.2) is 11.6 Å². The second-order valence-electron chi connectivity index (χ2n) is 10.2. The van der Waals surface area contributed by atoms with Gasteiger partial charge < -0.3 is 24.2 Å². The third-order valence-electron chi connectivity index (χ3n) is 8.30. The van der Waals surface area contributed by atoms with Crippen LogP contribution in [0.1, 0.15) is 45.4 Å². The number of carbonyl (C=O) groups is 2. The number of carbonyl (C=O) groups excluding carboxylic acids is 2. The Balaban J connectivity index is 1.12. The molecule has 0 N–H and O–H groups in total. The minimum absolute atomic E-state index is 0.147. The number of rotatable bonds is 3. The molecule has 8 nitrogen and oxygen atoms in total. The quantitative estimate of drug-likeness (QED) is 0.624. The van der Waals surface area contributed by atoms with E-state index in [9.17, 15) is 9.59 Å². The zero-order chi connectivity index (χ0) is 22.1. The van der Waals surface area contributed by atoms with Crippen LogP contribution in [0.5, 0.6) is 0 Å². The molecule has 8 heteroatoms. The van der Waals surface area contributed by atoms with Crippen LogP contribution in [0.2, 0.25) is 0 Å². The molecule has 3 amide bonds. The second-order valence-corrected chi connectivity index (χ2v) is 10.2. The van der Waals surface area contributed by atoms with Crippen LogP contribution in [0.25, 0.3) is 0 Å². The van der Waals surface area contributed by atoms with Crippen molar-refractivity contribution in [3.05, 3.63) is 11.6 Å². The number of amides is 3. The van der Waals surface area contributed by atoms with Gasteiger partial charge in [-0.15, -0.1) is 0 Å². The van der Waals surface area contributed by atoms with Crippen molar-refractivity contribution in [1.29, 1.82) is 0 Å². The highest BCUT2D eigenvalue weighted by molar-refractivity contribution is 5.75. The summed E-state index contributed by atoms with van der Waals surface area (Å²) < 4.78 is 10.6. The molecule has 4 heterocycles. The van der Waals surface area contributed by atoms with E-state index >= 15 is 0 Å². The monoisotopic (exact) mass is 446 g/mol. The van der Waals surface area contributed by atoms with Gasteiger partial charge in [-0.25, -0.2) is 9.59 Å². The van der Waals surface area contributed by atoms with Gasteiger partial charge in [-0.3, -0.25) is 4.90 Å². The molecular weight excluding hydrogens is 408 g/mol. The molecule has 0 radical (unpaired) electrons. The Morgan fingerprint density at radius 1 is 1.12 bits per heavy atom. The van der Waals surface area contributed by atoms with Crippen LogP contribution < -0.4 is 0 Å². The van der Waals surface area contributed by atoms with Crippen LogP contribution >= 0.6 is 0 Å². The van der Waals surface area contributed by atoms with Gasteiger partial charge in [0, 0.05) is 51.9 Å². The van der Waals surface area contributed by atoms with Gasteiger partial charge in [0.15, 0.2) is 0 Å². The lowest BCUT2D eigenvalue weighted by molar-refractivity contribution is 0.00957. The fourth-order valence-electron chi connectivity index (χ4n) is 6.49. The molecule has 1 spiro atoms. The lowest BCUT2D eigenvalue weighted by atomic mass is 9.64.